The number of rotatable bonds is 3. The molecule has 2 atom stereocenters. The van der Waals surface area contributed by atoms with Gasteiger partial charge in [-0.2, -0.15) is 0 Å². The minimum absolute atomic E-state index is 0.0403. The van der Waals surface area contributed by atoms with Gasteiger partial charge in [0.15, 0.2) is 5.78 Å². The summed E-state index contributed by atoms with van der Waals surface area (Å²) in [4.78, 5) is 12.4. The first-order valence-corrected chi connectivity index (χ1v) is 9.22. The minimum atomic E-state index is -3.15. The Labute approximate surface area is 126 Å². The van der Waals surface area contributed by atoms with Crippen LogP contribution in [0.15, 0.2) is 22.7 Å². The predicted octanol–water partition coefficient (Wildman–Crippen LogP) is 3.37. The Hall–Kier alpha value is -0.750. The molecule has 1 aliphatic rings. The maximum Gasteiger partial charge on any atom is 0.168 e. The predicted molar refractivity (Wildman–Crippen MR) is 79.0 cm³/mol. The van der Waals surface area contributed by atoms with Crippen LogP contribution in [-0.2, 0) is 9.84 Å². The lowest BCUT2D eigenvalue weighted by Crippen LogP contribution is -2.31. The molecule has 2 unspecified atom stereocenters. The Morgan fingerprint density at radius 2 is 2.05 bits per heavy atom. The zero-order valence-electron chi connectivity index (χ0n) is 11.1. The first-order chi connectivity index (χ1) is 9.29. The number of halogens is 2. The van der Waals surface area contributed by atoms with Crippen molar-refractivity contribution in [1.29, 1.82) is 0 Å². The molecule has 1 aliphatic carbocycles. The van der Waals surface area contributed by atoms with E-state index in [0.29, 0.717) is 30.2 Å². The van der Waals surface area contributed by atoms with Gasteiger partial charge in [-0.1, -0.05) is 22.4 Å². The molecule has 0 N–H and O–H groups in total. The fourth-order valence-corrected chi connectivity index (χ4v) is 4.22. The van der Waals surface area contributed by atoms with Crippen LogP contribution in [0.1, 0.15) is 36.0 Å². The van der Waals surface area contributed by atoms with Gasteiger partial charge in [-0.3, -0.25) is 4.79 Å². The maximum atomic E-state index is 13.7. The van der Waals surface area contributed by atoms with Crippen molar-refractivity contribution in [2.75, 3.05) is 6.26 Å². The molecule has 0 bridgehead atoms. The largest absolute Gasteiger partial charge is 0.294 e. The summed E-state index contributed by atoms with van der Waals surface area (Å²) in [6.45, 7) is 0. The van der Waals surface area contributed by atoms with E-state index in [4.69, 9.17) is 0 Å². The van der Waals surface area contributed by atoms with Crippen LogP contribution in [0.4, 0.5) is 4.39 Å². The standard InChI is InChI=1S/C14H16BrFO3S/c1-20(18,19)11-4-2-3-9(7-11)14(17)12-8-10(15)5-6-13(12)16/h5-6,8-9,11H,2-4,7H2,1H3. The molecule has 0 amide bonds. The van der Waals surface area contributed by atoms with Crippen molar-refractivity contribution < 1.29 is 17.6 Å². The van der Waals surface area contributed by atoms with Crippen molar-refractivity contribution in [1.82, 2.24) is 0 Å². The zero-order valence-corrected chi connectivity index (χ0v) is 13.5. The topological polar surface area (TPSA) is 51.2 Å². The summed E-state index contributed by atoms with van der Waals surface area (Å²) >= 11 is 3.22. The molecule has 0 heterocycles. The lowest BCUT2D eigenvalue weighted by Gasteiger charge is -2.27. The van der Waals surface area contributed by atoms with Gasteiger partial charge in [0.1, 0.15) is 15.7 Å². The summed E-state index contributed by atoms with van der Waals surface area (Å²) in [5.41, 5.74) is 0.0403. The van der Waals surface area contributed by atoms with Crippen molar-refractivity contribution in [3.8, 4) is 0 Å². The highest BCUT2D eigenvalue weighted by molar-refractivity contribution is 9.10. The van der Waals surface area contributed by atoms with E-state index in [-0.39, 0.29) is 11.3 Å². The third-order valence-electron chi connectivity index (χ3n) is 3.80. The highest BCUT2D eigenvalue weighted by Gasteiger charge is 2.33. The number of hydrogen-bond acceptors (Lipinski definition) is 3. The Morgan fingerprint density at radius 1 is 1.35 bits per heavy atom. The second-order valence-corrected chi connectivity index (χ2v) is 8.54. The Kier molecular flexibility index (Phi) is 4.64. The normalized spacial score (nSPS) is 23.6. The summed E-state index contributed by atoms with van der Waals surface area (Å²) in [6.07, 6.45) is 3.39. The third-order valence-corrected chi connectivity index (χ3v) is 5.93. The van der Waals surface area contributed by atoms with Gasteiger partial charge >= 0.3 is 0 Å². The molecule has 1 saturated carbocycles. The van der Waals surface area contributed by atoms with Gasteiger partial charge in [0.05, 0.1) is 10.8 Å². The van der Waals surface area contributed by atoms with Crippen molar-refractivity contribution in [2.45, 2.75) is 30.9 Å². The summed E-state index contributed by atoms with van der Waals surface area (Å²) in [6, 6.07) is 4.24. The van der Waals surface area contributed by atoms with E-state index in [0.717, 1.165) is 0 Å². The van der Waals surface area contributed by atoms with Gasteiger partial charge in [0.2, 0.25) is 0 Å². The van der Waals surface area contributed by atoms with Crippen molar-refractivity contribution in [3.05, 3.63) is 34.1 Å². The molecule has 2 rings (SSSR count). The third kappa shape index (κ3) is 3.47. The van der Waals surface area contributed by atoms with Gasteiger partial charge in [-0.05, 0) is 37.5 Å². The van der Waals surface area contributed by atoms with E-state index >= 15 is 0 Å². The number of carbonyl (C=O) groups is 1. The second-order valence-electron chi connectivity index (χ2n) is 5.30. The first kappa shape index (κ1) is 15.6. The van der Waals surface area contributed by atoms with Crippen LogP contribution >= 0.6 is 15.9 Å². The molecule has 110 valence electrons. The maximum absolute atomic E-state index is 13.7. The summed E-state index contributed by atoms with van der Waals surface area (Å²) in [7, 11) is -3.15. The molecule has 6 heteroatoms. The quantitative estimate of drug-likeness (QED) is 0.774. The molecule has 3 nitrogen and oxygen atoms in total. The van der Waals surface area contributed by atoms with Crippen molar-refractivity contribution >= 4 is 31.6 Å². The molecule has 0 aromatic heterocycles. The van der Waals surface area contributed by atoms with Crippen LogP contribution in [0.3, 0.4) is 0 Å². The molecule has 0 aliphatic heterocycles. The zero-order chi connectivity index (χ0) is 14.9. The van der Waals surface area contributed by atoms with Crippen LogP contribution in [0.5, 0.6) is 0 Å². The molecule has 20 heavy (non-hydrogen) atoms. The highest BCUT2D eigenvalue weighted by atomic mass is 79.9. The Morgan fingerprint density at radius 3 is 2.70 bits per heavy atom. The summed E-state index contributed by atoms with van der Waals surface area (Å²) < 4.78 is 37.6. The monoisotopic (exact) mass is 362 g/mol. The average Bonchev–Trinajstić information content (AvgIpc) is 2.40. The van der Waals surface area contributed by atoms with Gasteiger partial charge in [0, 0.05) is 16.6 Å². The van der Waals surface area contributed by atoms with E-state index in [1.807, 2.05) is 0 Å². The number of benzene rings is 1. The molecule has 1 aromatic rings. The number of carbonyl (C=O) groups excluding carboxylic acids is 1. The Balaban J connectivity index is 2.23. The first-order valence-electron chi connectivity index (χ1n) is 6.47. The van der Waals surface area contributed by atoms with Crippen molar-refractivity contribution in [2.24, 2.45) is 5.92 Å². The summed E-state index contributed by atoms with van der Waals surface area (Å²) in [5, 5.41) is -0.486. The van der Waals surface area contributed by atoms with Crippen LogP contribution < -0.4 is 0 Å². The molecule has 0 spiro atoms. The van der Waals surface area contributed by atoms with E-state index in [2.05, 4.69) is 15.9 Å². The van der Waals surface area contributed by atoms with Gasteiger partial charge in [-0.15, -0.1) is 0 Å². The fourth-order valence-electron chi connectivity index (χ4n) is 2.68. The van der Waals surface area contributed by atoms with E-state index in [1.54, 1.807) is 0 Å². The van der Waals surface area contributed by atoms with Crippen molar-refractivity contribution in [3.63, 3.8) is 0 Å². The van der Waals surface area contributed by atoms with Crippen LogP contribution in [0, 0.1) is 11.7 Å². The molecule has 1 aromatic carbocycles. The Bertz CT molecular complexity index is 627. The van der Waals surface area contributed by atoms with Gasteiger partial charge in [0.25, 0.3) is 0 Å². The number of sulfone groups is 1. The average molecular weight is 363 g/mol. The van der Waals surface area contributed by atoms with E-state index in [1.165, 1.54) is 24.5 Å². The molecule has 0 radical (unpaired) electrons. The lowest BCUT2D eigenvalue weighted by molar-refractivity contribution is 0.0886. The number of hydrogen-bond donors (Lipinski definition) is 0. The van der Waals surface area contributed by atoms with Gasteiger partial charge in [-0.25, -0.2) is 12.8 Å². The number of ketones is 1. The molecular formula is C14H16BrFO3S. The SMILES string of the molecule is CS(=O)(=O)C1CCCC(C(=O)c2cc(Br)ccc2F)C1. The summed E-state index contributed by atoms with van der Waals surface area (Å²) in [5.74, 6) is -1.26. The molecule has 1 fully saturated rings. The van der Waals surface area contributed by atoms with Crippen LogP contribution in [0.25, 0.3) is 0 Å². The van der Waals surface area contributed by atoms with Crippen LogP contribution in [0.2, 0.25) is 0 Å². The minimum Gasteiger partial charge on any atom is -0.294 e. The number of Topliss-reactive ketones (excluding diaryl/α,β-unsaturated/α-hetero) is 1. The fraction of sp³-hybridized carbons (Fsp3) is 0.500. The van der Waals surface area contributed by atoms with Gasteiger partial charge < -0.3 is 0 Å². The molecular weight excluding hydrogens is 347 g/mol. The highest BCUT2D eigenvalue weighted by Crippen LogP contribution is 2.32. The smallest absolute Gasteiger partial charge is 0.168 e. The lowest BCUT2D eigenvalue weighted by atomic mass is 9.83. The van der Waals surface area contributed by atoms with E-state index < -0.39 is 26.8 Å². The van der Waals surface area contributed by atoms with Crippen LogP contribution in [-0.4, -0.2) is 25.7 Å². The van der Waals surface area contributed by atoms with E-state index in [9.17, 15) is 17.6 Å². The molecule has 0 saturated heterocycles. The second kappa shape index (κ2) is 5.93.